The molecule has 0 aliphatic heterocycles. The molecule has 3 N–H and O–H groups in total. The van der Waals surface area contributed by atoms with E-state index in [1.165, 1.54) is 11.8 Å². The van der Waals surface area contributed by atoms with Crippen LogP contribution >= 0.6 is 11.8 Å². The number of thioether (sulfide) groups is 1. The van der Waals surface area contributed by atoms with Crippen molar-refractivity contribution in [1.29, 1.82) is 0 Å². The summed E-state index contributed by atoms with van der Waals surface area (Å²) >= 11 is 1.35. The first-order valence-corrected chi connectivity index (χ1v) is 6.60. The number of hydrogen-bond donors (Lipinski definition) is 3. The predicted octanol–water partition coefficient (Wildman–Crippen LogP) is 2.02. The molecular formula is C13H13N3O2S. The average molecular weight is 275 g/mol. The zero-order chi connectivity index (χ0) is 13.5. The molecule has 0 atom stereocenters. The van der Waals surface area contributed by atoms with Crippen LogP contribution in [0.25, 0.3) is 0 Å². The Labute approximate surface area is 115 Å². The van der Waals surface area contributed by atoms with Gasteiger partial charge in [0.15, 0.2) is 0 Å². The molecule has 1 heterocycles. The van der Waals surface area contributed by atoms with E-state index in [0.717, 1.165) is 4.90 Å². The van der Waals surface area contributed by atoms with E-state index < -0.39 is 0 Å². The van der Waals surface area contributed by atoms with E-state index in [4.69, 9.17) is 0 Å². The number of anilines is 1. The molecule has 98 valence electrons. The molecule has 1 aromatic heterocycles. The summed E-state index contributed by atoms with van der Waals surface area (Å²) in [5.41, 5.74) is 5.27. The zero-order valence-corrected chi connectivity index (χ0v) is 10.9. The number of nitrogens with zero attached hydrogens (tertiary/aromatic N) is 1. The SMILES string of the molecule is O=C(CSc1cccc(O)c1)NNc1ccccn1. The lowest BCUT2D eigenvalue weighted by molar-refractivity contribution is -0.118. The number of aromatic nitrogens is 1. The van der Waals surface area contributed by atoms with Gasteiger partial charge in [-0.15, -0.1) is 11.8 Å². The Balaban J connectivity index is 1.76. The van der Waals surface area contributed by atoms with Crippen molar-refractivity contribution in [2.75, 3.05) is 11.2 Å². The molecule has 2 rings (SSSR count). The van der Waals surface area contributed by atoms with Gasteiger partial charge in [-0.25, -0.2) is 4.98 Å². The monoisotopic (exact) mass is 275 g/mol. The number of pyridine rings is 1. The van der Waals surface area contributed by atoms with Crippen molar-refractivity contribution < 1.29 is 9.90 Å². The molecule has 0 fully saturated rings. The van der Waals surface area contributed by atoms with Gasteiger partial charge in [-0.05, 0) is 30.3 Å². The van der Waals surface area contributed by atoms with Gasteiger partial charge in [-0.1, -0.05) is 12.1 Å². The van der Waals surface area contributed by atoms with Crippen LogP contribution in [0, 0.1) is 0 Å². The van der Waals surface area contributed by atoms with Crippen LogP contribution in [-0.2, 0) is 4.79 Å². The van der Waals surface area contributed by atoms with E-state index in [2.05, 4.69) is 15.8 Å². The van der Waals surface area contributed by atoms with Crippen molar-refractivity contribution in [3.63, 3.8) is 0 Å². The van der Waals surface area contributed by atoms with E-state index in [-0.39, 0.29) is 17.4 Å². The fourth-order valence-electron chi connectivity index (χ4n) is 1.33. The summed E-state index contributed by atoms with van der Waals surface area (Å²) in [6, 6.07) is 12.2. The van der Waals surface area contributed by atoms with Crippen LogP contribution in [0.5, 0.6) is 5.75 Å². The molecule has 0 radical (unpaired) electrons. The first kappa shape index (κ1) is 13.2. The summed E-state index contributed by atoms with van der Waals surface area (Å²) in [6.07, 6.45) is 1.63. The molecule has 0 aliphatic carbocycles. The summed E-state index contributed by atoms with van der Waals surface area (Å²) in [5.74, 6) is 0.859. The van der Waals surface area contributed by atoms with Crippen LogP contribution in [-0.4, -0.2) is 21.8 Å². The Morgan fingerprint density at radius 1 is 1.26 bits per heavy atom. The highest BCUT2D eigenvalue weighted by Crippen LogP contribution is 2.21. The highest BCUT2D eigenvalue weighted by Gasteiger charge is 2.03. The summed E-state index contributed by atoms with van der Waals surface area (Å²) in [6.45, 7) is 0. The molecule has 6 heteroatoms. The van der Waals surface area contributed by atoms with Crippen LogP contribution in [0.4, 0.5) is 5.82 Å². The second-order valence-electron chi connectivity index (χ2n) is 3.67. The molecule has 0 spiro atoms. The first-order valence-electron chi connectivity index (χ1n) is 5.62. The Kier molecular flexibility index (Phi) is 4.63. The smallest absolute Gasteiger partial charge is 0.248 e. The molecular weight excluding hydrogens is 262 g/mol. The maximum Gasteiger partial charge on any atom is 0.248 e. The number of aromatic hydroxyl groups is 1. The van der Waals surface area contributed by atoms with Crippen molar-refractivity contribution in [3.05, 3.63) is 48.7 Å². The molecule has 0 saturated carbocycles. The maximum absolute atomic E-state index is 11.6. The average Bonchev–Trinajstić information content (AvgIpc) is 2.44. The lowest BCUT2D eigenvalue weighted by Gasteiger charge is -2.07. The normalized spacial score (nSPS) is 9.89. The molecule has 2 aromatic rings. The quantitative estimate of drug-likeness (QED) is 0.575. The van der Waals surface area contributed by atoms with E-state index >= 15 is 0 Å². The van der Waals surface area contributed by atoms with Crippen molar-refractivity contribution in [3.8, 4) is 5.75 Å². The molecule has 0 bridgehead atoms. The Hall–Kier alpha value is -2.21. The van der Waals surface area contributed by atoms with Crippen LogP contribution in [0.1, 0.15) is 0 Å². The van der Waals surface area contributed by atoms with Crippen LogP contribution in [0.15, 0.2) is 53.6 Å². The van der Waals surface area contributed by atoms with Crippen LogP contribution in [0.2, 0.25) is 0 Å². The zero-order valence-electron chi connectivity index (χ0n) is 10.0. The highest BCUT2D eigenvalue weighted by atomic mass is 32.2. The topological polar surface area (TPSA) is 74.2 Å². The fraction of sp³-hybridized carbons (Fsp3) is 0.0769. The number of phenols is 1. The molecule has 5 nitrogen and oxygen atoms in total. The molecule has 0 saturated heterocycles. The largest absolute Gasteiger partial charge is 0.508 e. The third kappa shape index (κ3) is 4.51. The second-order valence-corrected chi connectivity index (χ2v) is 4.72. The number of amides is 1. The van der Waals surface area contributed by atoms with Gasteiger partial charge in [0, 0.05) is 11.1 Å². The highest BCUT2D eigenvalue weighted by molar-refractivity contribution is 8.00. The lowest BCUT2D eigenvalue weighted by atomic mass is 10.3. The third-order valence-electron chi connectivity index (χ3n) is 2.18. The van der Waals surface area contributed by atoms with E-state index in [1.54, 1.807) is 36.5 Å². The second kappa shape index (κ2) is 6.65. The third-order valence-corrected chi connectivity index (χ3v) is 3.18. The number of benzene rings is 1. The minimum absolute atomic E-state index is 0.168. The first-order chi connectivity index (χ1) is 9.24. The van der Waals surface area contributed by atoms with E-state index in [0.29, 0.717) is 5.82 Å². The summed E-state index contributed by atoms with van der Waals surface area (Å²) in [7, 11) is 0. The number of carbonyl (C=O) groups excluding carboxylic acids is 1. The van der Waals surface area contributed by atoms with Gasteiger partial charge in [-0.3, -0.25) is 15.6 Å². The fourth-order valence-corrected chi connectivity index (χ4v) is 2.08. The maximum atomic E-state index is 11.6. The summed E-state index contributed by atoms with van der Waals surface area (Å²) < 4.78 is 0. The Morgan fingerprint density at radius 2 is 2.16 bits per heavy atom. The van der Waals surface area contributed by atoms with Gasteiger partial charge in [0.25, 0.3) is 0 Å². The Morgan fingerprint density at radius 3 is 2.89 bits per heavy atom. The summed E-state index contributed by atoms with van der Waals surface area (Å²) in [5, 5.41) is 9.30. The standard InChI is InChI=1S/C13H13N3O2S/c17-10-4-3-5-11(8-10)19-9-13(18)16-15-12-6-1-2-7-14-12/h1-8,17H,9H2,(H,14,15)(H,16,18). The van der Waals surface area contributed by atoms with Gasteiger partial charge in [0.1, 0.15) is 11.6 Å². The van der Waals surface area contributed by atoms with Crippen molar-refractivity contribution in [1.82, 2.24) is 10.4 Å². The van der Waals surface area contributed by atoms with Crippen molar-refractivity contribution in [2.24, 2.45) is 0 Å². The number of rotatable bonds is 5. The van der Waals surface area contributed by atoms with Gasteiger partial charge in [0.05, 0.1) is 5.75 Å². The van der Waals surface area contributed by atoms with Gasteiger partial charge in [0.2, 0.25) is 5.91 Å². The van der Waals surface area contributed by atoms with E-state index in [9.17, 15) is 9.90 Å². The minimum atomic E-state index is -0.168. The van der Waals surface area contributed by atoms with E-state index in [1.807, 2.05) is 12.1 Å². The lowest BCUT2D eigenvalue weighted by Crippen LogP contribution is -2.31. The van der Waals surface area contributed by atoms with Gasteiger partial charge >= 0.3 is 0 Å². The molecule has 1 aromatic carbocycles. The number of hydrogen-bond acceptors (Lipinski definition) is 5. The van der Waals surface area contributed by atoms with Gasteiger partial charge < -0.3 is 5.11 Å². The number of hydrazine groups is 1. The van der Waals surface area contributed by atoms with Crippen molar-refractivity contribution >= 4 is 23.5 Å². The van der Waals surface area contributed by atoms with Crippen LogP contribution < -0.4 is 10.9 Å². The number of carbonyl (C=O) groups is 1. The molecule has 0 unspecified atom stereocenters. The molecule has 19 heavy (non-hydrogen) atoms. The van der Waals surface area contributed by atoms with Crippen molar-refractivity contribution in [2.45, 2.75) is 4.90 Å². The number of phenolic OH excluding ortho intramolecular Hbond substituents is 1. The van der Waals surface area contributed by atoms with Crippen LogP contribution in [0.3, 0.4) is 0 Å². The Bertz CT molecular complexity index is 549. The van der Waals surface area contributed by atoms with Gasteiger partial charge in [-0.2, -0.15) is 0 Å². The predicted molar refractivity (Wildman–Crippen MR) is 74.8 cm³/mol. The summed E-state index contributed by atoms with van der Waals surface area (Å²) in [4.78, 5) is 16.4. The minimum Gasteiger partial charge on any atom is -0.508 e. The number of nitrogens with one attached hydrogen (secondary N) is 2. The molecule has 0 aliphatic rings. The molecule has 1 amide bonds.